The zero-order valence-corrected chi connectivity index (χ0v) is 14.8. The second-order valence-electron chi connectivity index (χ2n) is 6.49. The predicted octanol–water partition coefficient (Wildman–Crippen LogP) is 3.01. The summed E-state index contributed by atoms with van der Waals surface area (Å²) in [4.78, 5) is 31.6. The number of amides is 2. The van der Waals surface area contributed by atoms with Crippen LogP contribution in [0.3, 0.4) is 0 Å². The largest absolute Gasteiger partial charge is 0.453 e. The van der Waals surface area contributed by atoms with Gasteiger partial charge in [0.05, 0.1) is 24.7 Å². The van der Waals surface area contributed by atoms with Crippen LogP contribution in [0.25, 0.3) is 11.4 Å². The Labute approximate surface area is 151 Å². The van der Waals surface area contributed by atoms with Crippen molar-refractivity contribution in [1.29, 1.82) is 0 Å². The van der Waals surface area contributed by atoms with E-state index in [0.717, 1.165) is 30.5 Å². The molecule has 2 atom stereocenters. The van der Waals surface area contributed by atoms with Crippen molar-refractivity contribution in [3.05, 3.63) is 30.1 Å². The van der Waals surface area contributed by atoms with Crippen LogP contribution < -0.4 is 16.4 Å². The Morgan fingerprint density at radius 2 is 2.19 bits per heavy atom. The number of nitrogens with zero attached hydrogens (tertiary/aromatic N) is 1. The quantitative estimate of drug-likeness (QED) is 0.625. The minimum Gasteiger partial charge on any atom is -0.453 e. The SMILES string of the molecule is COC(=O)Nc1ccc2c(c1)NC(=O)[C@H](C)CCC[C@H](N)c1cnc-2[nH]1. The highest BCUT2D eigenvalue weighted by atomic mass is 16.5. The molecule has 0 saturated heterocycles. The Morgan fingerprint density at radius 1 is 1.38 bits per heavy atom. The number of aromatic amines is 1. The molecule has 2 heterocycles. The molecule has 0 saturated carbocycles. The number of H-pyrrole nitrogens is 1. The highest BCUT2D eigenvalue weighted by Gasteiger charge is 2.20. The van der Waals surface area contributed by atoms with Crippen LogP contribution in [0.2, 0.25) is 0 Å². The number of hydrogen-bond donors (Lipinski definition) is 4. The van der Waals surface area contributed by atoms with E-state index in [1.54, 1.807) is 24.4 Å². The fraction of sp³-hybridized carbons (Fsp3) is 0.389. The number of aromatic nitrogens is 2. The van der Waals surface area contributed by atoms with Crippen LogP contribution >= 0.6 is 0 Å². The van der Waals surface area contributed by atoms with Gasteiger partial charge < -0.3 is 20.8 Å². The molecule has 0 unspecified atom stereocenters. The second-order valence-corrected chi connectivity index (χ2v) is 6.49. The van der Waals surface area contributed by atoms with Crippen LogP contribution in [0.15, 0.2) is 24.4 Å². The van der Waals surface area contributed by atoms with Crippen molar-refractivity contribution in [2.24, 2.45) is 11.7 Å². The normalized spacial score (nSPS) is 20.2. The lowest BCUT2D eigenvalue weighted by atomic mass is 9.99. The van der Waals surface area contributed by atoms with Crippen molar-refractivity contribution in [2.75, 3.05) is 17.7 Å². The van der Waals surface area contributed by atoms with E-state index in [1.807, 2.05) is 6.92 Å². The lowest BCUT2D eigenvalue weighted by molar-refractivity contribution is -0.119. The summed E-state index contributed by atoms with van der Waals surface area (Å²) in [6, 6.07) is 5.05. The van der Waals surface area contributed by atoms with Crippen molar-refractivity contribution >= 4 is 23.4 Å². The van der Waals surface area contributed by atoms with Crippen LogP contribution in [0.4, 0.5) is 16.2 Å². The summed E-state index contributed by atoms with van der Waals surface area (Å²) in [6.45, 7) is 1.90. The zero-order valence-electron chi connectivity index (χ0n) is 14.8. The van der Waals surface area contributed by atoms with Crippen molar-refractivity contribution in [1.82, 2.24) is 9.97 Å². The van der Waals surface area contributed by atoms with E-state index in [9.17, 15) is 9.59 Å². The van der Waals surface area contributed by atoms with Crippen LogP contribution in [0, 0.1) is 5.92 Å². The lowest BCUT2D eigenvalue weighted by Crippen LogP contribution is -2.22. The number of anilines is 2. The summed E-state index contributed by atoms with van der Waals surface area (Å²) in [5.74, 6) is 0.388. The Balaban J connectivity index is 2.03. The van der Waals surface area contributed by atoms with Gasteiger partial charge in [-0.25, -0.2) is 9.78 Å². The molecule has 0 aliphatic carbocycles. The summed E-state index contributed by atoms with van der Waals surface area (Å²) >= 11 is 0. The van der Waals surface area contributed by atoms with Gasteiger partial charge in [-0.1, -0.05) is 13.3 Å². The van der Waals surface area contributed by atoms with E-state index >= 15 is 0 Å². The van der Waals surface area contributed by atoms with Gasteiger partial charge in [0.25, 0.3) is 0 Å². The van der Waals surface area contributed by atoms with Crippen molar-refractivity contribution in [2.45, 2.75) is 32.2 Å². The third-order valence-corrected chi connectivity index (χ3v) is 4.56. The molecule has 1 aliphatic rings. The number of rotatable bonds is 1. The number of fused-ring (bicyclic) bond motifs is 4. The fourth-order valence-corrected chi connectivity index (χ4v) is 2.95. The minimum atomic E-state index is -0.580. The molecule has 1 aromatic heterocycles. The van der Waals surface area contributed by atoms with E-state index in [4.69, 9.17) is 5.73 Å². The van der Waals surface area contributed by atoms with Gasteiger partial charge in [0.2, 0.25) is 5.91 Å². The van der Waals surface area contributed by atoms with E-state index in [0.29, 0.717) is 17.2 Å². The van der Waals surface area contributed by atoms with Crippen LogP contribution in [-0.2, 0) is 9.53 Å². The molecule has 1 aliphatic heterocycles. The standard InChI is InChI=1S/C18H23N5O3/c1-10-4-3-5-13(19)15-9-20-16(22-15)12-7-6-11(21-18(25)26-2)8-14(12)23-17(10)24/h6-10,13H,3-5,19H2,1-2H3,(H,20,22)(H,21,25)(H,23,24)/t10-,13+/m1/s1. The first-order chi connectivity index (χ1) is 12.5. The molecule has 0 radical (unpaired) electrons. The summed E-state index contributed by atoms with van der Waals surface area (Å²) in [7, 11) is 1.29. The third kappa shape index (κ3) is 3.85. The van der Waals surface area contributed by atoms with E-state index < -0.39 is 6.09 Å². The van der Waals surface area contributed by atoms with Gasteiger partial charge in [-0.05, 0) is 31.0 Å². The first-order valence-electron chi connectivity index (χ1n) is 8.58. The average Bonchev–Trinajstić information content (AvgIpc) is 3.10. The maximum Gasteiger partial charge on any atom is 0.411 e. The van der Waals surface area contributed by atoms with Gasteiger partial charge in [0.15, 0.2) is 0 Å². The smallest absolute Gasteiger partial charge is 0.411 e. The molecule has 2 bridgehead atoms. The van der Waals surface area contributed by atoms with E-state index in [-0.39, 0.29) is 17.9 Å². The molecule has 26 heavy (non-hydrogen) atoms. The molecule has 5 N–H and O–H groups in total. The first-order valence-corrected chi connectivity index (χ1v) is 8.58. The van der Waals surface area contributed by atoms with E-state index in [1.165, 1.54) is 7.11 Å². The number of carbonyl (C=O) groups is 2. The molecule has 8 nitrogen and oxygen atoms in total. The molecule has 2 amide bonds. The summed E-state index contributed by atoms with van der Waals surface area (Å²) < 4.78 is 4.61. The van der Waals surface area contributed by atoms with Crippen molar-refractivity contribution in [3.63, 3.8) is 0 Å². The number of ether oxygens (including phenoxy) is 1. The molecule has 3 rings (SSSR count). The Kier molecular flexibility index (Phi) is 5.22. The third-order valence-electron chi connectivity index (χ3n) is 4.56. The van der Waals surface area contributed by atoms with Gasteiger partial charge in [-0.3, -0.25) is 10.1 Å². The minimum absolute atomic E-state index is 0.0811. The second kappa shape index (κ2) is 7.57. The zero-order chi connectivity index (χ0) is 18.7. The maximum absolute atomic E-state index is 12.5. The number of nitrogens with one attached hydrogen (secondary N) is 3. The van der Waals surface area contributed by atoms with Gasteiger partial charge in [-0.15, -0.1) is 0 Å². The predicted molar refractivity (Wildman–Crippen MR) is 98.6 cm³/mol. The number of carbonyl (C=O) groups excluding carboxylic acids is 2. The monoisotopic (exact) mass is 357 g/mol. The summed E-state index contributed by atoms with van der Waals surface area (Å²) in [6.07, 6.45) is 3.53. The molecular weight excluding hydrogens is 334 g/mol. The molecule has 1 aromatic carbocycles. The van der Waals surface area contributed by atoms with Gasteiger partial charge in [-0.2, -0.15) is 0 Å². The number of methoxy groups -OCH3 is 1. The molecule has 0 spiro atoms. The molecule has 0 fully saturated rings. The van der Waals surface area contributed by atoms with Crippen LogP contribution in [0.1, 0.15) is 37.9 Å². The highest BCUT2D eigenvalue weighted by Crippen LogP contribution is 2.31. The van der Waals surface area contributed by atoms with Crippen LogP contribution in [0.5, 0.6) is 0 Å². The highest BCUT2D eigenvalue weighted by molar-refractivity contribution is 5.97. The maximum atomic E-state index is 12.5. The number of nitrogens with two attached hydrogens (primary N) is 1. The molecule has 8 heteroatoms. The Bertz CT molecular complexity index is 817. The topological polar surface area (TPSA) is 122 Å². The Morgan fingerprint density at radius 3 is 2.96 bits per heavy atom. The number of hydrogen-bond acceptors (Lipinski definition) is 5. The van der Waals surface area contributed by atoms with Gasteiger partial charge in [0, 0.05) is 23.2 Å². The van der Waals surface area contributed by atoms with Crippen molar-refractivity contribution < 1.29 is 14.3 Å². The van der Waals surface area contributed by atoms with Crippen LogP contribution in [-0.4, -0.2) is 29.1 Å². The number of imidazole rings is 1. The lowest BCUT2D eigenvalue weighted by Gasteiger charge is -2.17. The average molecular weight is 357 g/mol. The van der Waals surface area contributed by atoms with E-state index in [2.05, 4.69) is 25.3 Å². The first kappa shape index (κ1) is 17.9. The van der Waals surface area contributed by atoms with Gasteiger partial charge >= 0.3 is 6.09 Å². The van der Waals surface area contributed by atoms with Gasteiger partial charge in [0.1, 0.15) is 5.82 Å². The molecule has 2 aromatic rings. The molecule has 138 valence electrons. The Hall–Kier alpha value is -2.87. The van der Waals surface area contributed by atoms with Crippen molar-refractivity contribution in [3.8, 4) is 11.4 Å². The summed E-state index contributed by atoms with van der Waals surface area (Å²) in [5.41, 5.74) is 8.88. The molecular formula is C18H23N5O3. The fourth-order valence-electron chi connectivity index (χ4n) is 2.95. The number of benzene rings is 1. The summed E-state index contributed by atoms with van der Waals surface area (Å²) in [5, 5.41) is 5.55.